The number of nitrogens with zero attached hydrogens (tertiary/aromatic N) is 3. The lowest BCUT2D eigenvalue weighted by molar-refractivity contribution is -0.117. The molecule has 1 aliphatic heterocycles. The van der Waals surface area contributed by atoms with E-state index < -0.39 is 0 Å². The quantitative estimate of drug-likeness (QED) is 0.783. The largest absolute Gasteiger partial charge is 0.287 e. The zero-order valence-electron chi connectivity index (χ0n) is 8.72. The average Bonchev–Trinajstić information content (AvgIpc) is 2.89. The first-order valence-corrected chi connectivity index (χ1v) is 6.31. The Kier molecular flexibility index (Phi) is 2.18. The Balaban J connectivity index is 1.81. The van der Waals surface area contributed by atoms with Gasteiger partial charge in [-0.3, -0.25) is 9.69 Å². The molecule has 3 rings (SSSR count). The number of hydrogen-bond acceptors (Lipinski definition) is 4. The summed E-state index contributed by atoms with van der Waals surface area (Å²) in [6.45, 7) is 0.507. The predicted molar refractivity (Wildman–Crippen MR) is 60.2 cm³/mol. The predicted octanol–water partition coefficient (Wildman–Crippen LogP) is 1.90. The summed E-state index contributed by atoms with van der Waals surface area (Å²) in [4.78, 5) is 17.8. The van der Waals surface area contributed by atoms with Crippen LogP contribution >= 0.6 is 11.3 Å². The number of nitriles is 1. The summed E-state index contributed by atoms with van der Waals surface area (Å²) < 4.78 is 0. The highest BCUT2D eigenvalue weighted by Gasteiger charge is 2.33. The molecule has 2 fully saturated rings. The minimum absolute atomic E-state index is 0.0308. The van der Waals surface area contributed by atoms with Crippen LogP contribution in [0.5, 0.6) is 0 Å². The third kappa shape index (κ3) is 1.59. The van der Waals surface area contributed by atoms with E-state index in [2.05, 4.69) is 11.1 Å². The Bertz CT molecular complexity index is 472. The van der Waals surface area contributed by atoms with E-state index in [4.69, 9.17) is 5.26 Å². The molecule has 16 heavy (non-hydrogen) atoms. The van der Waals surface area contributed by atoms with Crippen LogP contribution in [0.1, 0.15) is 30.9 Å². The molecule has 1 aromatic heterocycles. The topological polar surface area (TPSA) is 57.0 Å². The number of hydrogen-bond donors (Lipinski definition) is 0. The van der Waals surface area contributed by atoms with Gasteiger partial charge in [-0.15, -0.1) is 11.3 Å². The second kappa shape index (κ2) is 3.56. The van der Waals surface area contributed by atoms with Crippen molar-refractivity contribution in [1.29, 1.82) is 5.26 Å². The molecule has 1 aliphatic carbocycles. The van der Waals surface area contributed by atoms with Gasteiger partial charge in [0, 0.05) is 24.3 Å². The van der Waals surface area contributed by atoms with Crippen LogP contribution in [0.2, 0.25) is 0 Å². The Hall–Kier alpha value is -1.41. The zero-order chi connectivity index (χ0) is 11.1. The van der Waals surface area contributed by atoms with Gasteiger partial charge in [-0.25, -0.2) is 4.98 Å². The molecule has 5 heteroatoms. The number of carbonyl (C=O) groups is 1. The van der Waals surface area contributed by atoms with E-state index in [1.165, 1.54) is 24.2 Å². The summed E-state index contributed by atoms with van der Waals surface area (Å²) in [5.41, 5.74) is 1.12. The Morgan fingerprint density at radius 2 is 2.38 bits per heavy atom. The van der Waals surface area contributed by atoms with Gasteiger partial charge < -0.3 is 0 Å². The molecule has 2 heterocycles. The molecule has 0 bridgehead atoms. The number of carbonyl (C=O) groups excluding carboxylic acids is 1. The molecule has 0 N–H and O–H groups in total. The highest BCUT2D eigenvalue weighted by molar-refractivity contribution is 7.14. The van der Waals surface area contributed by atoms with Crippen molar-refractivity contribution in [3.8, 4) is 6.07 Å². The number of aromatic nitrogens is 1. The maximum Gasteiger partial charge on any atom is 0.230 e. The smallest absolute Gasteiger partial charge is 0.230 e. The summed E-state index contributed by atoms with van der Waals surface area (Å²) in [5.74, 6) is 0.485. The Morgan fingerprint density at radius 1 is 1.56 bits per heavy atom. The van der Waals surface area contributed by atoms with Gasteiger partial charge in [0.25, 0.3) is 0 Å². The summed E-state index contributed by atoms with van der Waals surface area (Å²) in [5, 5.41) is 11.6. The average molecular weight is 233 g/mol. The number of thiazole rings is 1. The lowest BCUT2D eigenvalue weighted by Crippen LogP contribution is -2.24. The van der Waals surface area contributed by atoms with Crippen molar-refractivity contribution >= 4 is 22.4 Å². The van der Waals surface area contributed by atoms with E-state index in [1.807, 2.05) is 5.38 Å². The maximum absolute atomic E-state index is 11.7. The molecule has 1 aromatic rings. The molecule has 2 aliphatic rings. The summed E-state index contributed by atoms with van der Waals surface area (Å²) in [7, 11) is 0. The van der Waals surface area contributed by atoms with E-state index >= 15 is 0 Å². The molecule has 82 valence electrons. The van der Waals surface area contributed by atoms with E-state index in [9.17, 15) is 4.79 Å². The molecule has 1 saturated heterocycles. The van der Waals surface area contributed by atoms with Crippen LogP contribution in [0.15, 0.2) is 5.38 Å². The first-order valence-electron chi connectivity index (χ1n) is 5.43. The molecule has 0 spiro atoms. The molecule has 1 amide bonds. The fourth-order valence-electron chi connectivity index (χ4n) is 1.95. The first-order chi connectivity index (χ1) is 7.78. The zero-order valence-corrected chi connectivity index (χ0v) is 9.54. The van der Waals surface area contributed by atoms with E-state index in [0.717, 1.165) is 10.8 Å². The number of amides is 1. The van der Waals surface area contributed by atoms with Gasteiger partial charge in [-0.2, -0.15) is 5.26 Å². The van der Waals surface area contributed by atoms with Crippen LogP contribution in [-0.2, 0) is 4.79 Å². The van der Waals surface area contributed by atoms with Gasteiger partial charge in [0.1, 0.15) is 0 Å². The van der Waals surface area contributed by atoms with Gasteiger partial charge in [-0.05, 0) is 12.8 Å². The molecule has 0 radical (unpaired) electrons. The van der Waals surface area contributed by atoms with Gasteiger partial charge in [-0.1, -0.05) is 0 Å². The minimum atomic E-state index is -0.166. The molecule has 1 unspecified atom stereocenters. The summed E-state index contributed by atoms with van der Waals surface area (Å²) in [6, 6.07) is 2.15. The highest BCUT2D eigenvalue weighted by Crippen LogP contribution is 2.41. The van der Waals surface area contributed by atoms with Gasteiger partial charge in [0.2, 0.25) is 5.91 Å². The summed E-state index contributed by atoms with van der Waals surface area (Å²) in [6.07, 6.45) is 2.78. The van der Waals surface area contributed by atoms with Crippen molar-refractivity contribution in [3.63, 3.8) is 0 Å². The van der Waals surface area contributed by atoms with Crippen molar-refractivity contribution in [1.82, 2.24) is 4.98 Å². The van der Waals surface area contributed by atoms with Gasteiger partial charge in [0.05, 0.1) is 17.7 Å². The third-order valence-electron chi connectivity index (χ3n) is 3.04. The monoisotopic (exact) mass is 233 g/mol. The van der Waals surface area contributed by atoms with E-state index in [1.54, 1.807) is 4.90 Å². The van der Waals surface area contributed by atoms with Crippen LogP contribution in [0.3, 0.4) is 0 Å². The van der Waals surface area contributed by atoms with Crippen LogP contribution in [0, 0.1) is 17.2 Å². The standard InChI is InChI=1S/C11H11N3OS/c12-4-7-3-10(15)14(5-7)11-13-9(6-16-11)8-1-2-8/h6-8H,1-3,5H2. The lowest BCUT2D eigenvalue weighted by Gasteiger charge is -2.10. The second-order valence-electron chi connectivity index (χ2n) is 4.36. The number of rotatable bonds is 2. The highest BCUT2D eigenvalue weighted by atomic mass is 32.1. The molecule has 4 nitrogen and oxygen atoms in total. The van der Waals surface area contributed by atoms with Crippen molar-refractivity contribution in [2.45, 2.75) is 25.2 Å². The Labute approximate surface area is 97.5 Å². The molecule has 0 aromatic carbocycles. The van der Waals surface area contributed by atoms with Gasteiger partial charge >= 0.3 is 0 Å². The van der Waals surface area contributed by atoms with E-state index in [0.29, 0.717) is 18.9 Å². The fraction of sp³-hybridized carbons (Fsp3) is 0.545. The van der Waals surface area contributed by atoms with Crippen molar-refractivity contribution in [2.24, 2.45) is 5.92 Å². The maximum atomic E-state index is 11.7. The van der Waals surface area contributed by atoms with Crippen LogP contribution in [0.4, 0.5) is 5.13 Å². The van der Waals surface area contributed by atoms with Crippen molar-refractivity contribution < 1.29 is 4.79 Å². The van der Waals surface area contributed by atoms with E-state index in [-0.39, 0.29) is 11.8 Å². The molecular formula is C11H11N3OS. The lowest BCUT2D eigenvalue weighted by atomic mass is 10.1. The minimum Gasteiger partial charge on any atom is -0.287 e. The summed E-state index contributed by atoms with van der Waals surface area (Å²) >= 11 is 1.52. The number of anilines is 1. The molecular weight excluding hydrogens is 222 g/mol. The SMILES string of the molecule is N#CC1CC(=O)N(c2nc(C3CC3)cs2)C1. The first kappa shape index (κ1) is 9.79. The molecule has 1 saturated carbocycles. The fourth-order valence-corrected chi connectivity index (χ4v) is 2.88. The second-order valence-corrected chi connectivity index (χ2v) is 5.20. The van der Waals surface area contributed by atoms with Gasteiger partial charge in [0.15, 0.2) is 5.13 Å². The Morgan fingerprint density at radius 3 is 3.00 bits per heavy atom. The third-order valence-corrected chi connectivity index (χ3v) is 3.93. The van der Waals surface area contributed by atoms with Crippen molar-refractivity contribution in [2.75, 3.05) is 11.4 Å². The van der Waals surface area contributed by atoms with Crippen LogP contribution < -0.4 is 4.90 Å². The van der Waals surface area contributed by atoms with Crippen LogP contribution in [0.25, 0.3) is 0 Å². The molecule has 1 atom stereocenters. The van der Waals surface area contributed by atoms with Crippen molar-refractivity contribution in [3.05, 3.63) is 11.1 Å². The van der Waals surface area contributed by atoms with Crippen LogP contribution in [-0.4, -0.2) is 17.4 Å². The normalized spacial score (nSPS) is 24.8.